The maximum absolute atomic E-state index is 12.9. The Kier molecular flexibility index (Phi) is 7.30. The molecule has 0 aliphatic rings. The number of nitrogens with one attached hydrogen (secondary N) is 1. The predicted octanol–water partition coefficient (Wildman–Crippen LogP) is 4.23. The van der Waals surface area contributed by atoms with E-state index in [1.807, 2.05) is 12.3 Å². The lowest BCUT2D eigenvalue weighted by atomic mass is 10.1. The van der Waals surface area contributed by atoms with E-state index in [0.29, 0.717) is 0 Å². The normalized spacial score (nSPS) is 11.4. The van der Waals surface area contributed by atoms with Crippen molar-refractivity contribution in [3.63, 3.8) is 0 Å². The number of ether oxygens (including phenoxy) is 2. The van der Waals surface area contributed by atoms with E-state index in [2.05, 4.69) is 10.3 Å². The molecule has 26 heavy (non-hydrogen) atoms. The van der Waals surface area contributed by atoms with Gasteiger partial charge in [-0.2, -0.15) is 13.2 Å². The highest BCUT2D eigenvalue weighted by Crippen LogP contribution is 2.35. The minimum Gasteiger partial charge on any atom is -0.489 e. The van der Waals surface area contributed by atoms with Crippen LogP contribution in [0.2, 0.25) is 0 Å². The van der Waals surface area contributed by atoms with Crippen molar-refractivity contribution in [3.05, 3.63) is 34.8 Å². The van der Waals surface area contributed by atoms with Gasteiger partial charge in [-0.25, -0.2) is 4.98 Å². The molecule has 1 heterocycles. The number of carbonyl (C=O) groups excluding carboxylic acids is 1. The molecule has 1 amide bonds. The molecular weight excluding hydrogens is 389 g/mol. The maximum atomic E-state index is 12.9. The van der Waals surface area contributed by atoms with E-state index in [1.165, 1.54) is 36.3 Å². The minimum absolute atomic E-state index is 0.0285. The van der Waals surface area contributed by atoms with Crippen LogP contribution in [-0.2, 0) is 15.7 Å². The second-order valence-electron chi connectivity index (χ2n) is 5.14. The zero-order chi connectivity index (χ0) is 19.2. The van der Waals surface area contributed by atoms with Gasteiger partial charge < -0.3 is 14.8 Å². The Balaban J connectivity index is 2.08. The first kappa shape index (κ1) is 20.5. The van der Waals surface area contributed by atoms with Crippen molar-refractivity contribution < 1.29 is 27.4 Å². The number of benzene rings is 1. The average Bonchev–Trinajstić information content (AvgIpc) is 2.99. The van der Waals surface area contributed by atoms with E-state index in [-0.39, 0.29) is 30.4 Å². The van der Waals surface area contributed by atoms with Crippen LogP contribution in [0.1, 0.15) is 11.3 Å². The fourth-order valence-electron chi connectivity index (χ4n) is 1.88. The number of halogens is 3. The molecule has 0 unspecified atom stereocenters. The smallest absolute Gasteiger partial charge is 0.416 e. The number of hydrogen-bond acceptors (Lipinski definition) is 6. The molecule has 0 aliphatic carbocycles. The van der Waals surface area contributed by atoms with Gasteiger partial charge in [-0.15, -0.1) is 11.3 Å². The molecule has 0 aliphatic heterocycles. The minimum atomic E-state index is -4.52. The third kappa shape index (κ3) is 6.19. The molecule has 1 N–H and O–H groups in total. The Bertz CT molecular complexity index is 751. The molecule has 0 saturated heterocycles. The van der Waals surface area contributed by atoms with E-state index in [4.69, 9.17) is 9.47 Å². The zero-order valence-corrected chi connectivity index (χ0v) is 15.7. The van der Waals surface area contributed by atoms with Gasteiger partial charge in [0.2, 0.25) is 5.91 Å². The van der Waals surface area contributed by atoms with Crippen molar-refractivity contribution in [3.8, 4) is 5.75 Å². The summed E-state index contributed by atoms with van der Waals surface area (Å²) in [7, 11) is 1.48. The van der Waals surface area contributed by atoms with Gasteiger partial charge in [-0.1, -0.05) is 11.8 Å². The van der Waals surface area contributed by atoms with Crippen molar-refractivity contribution in [2.75, 3.05) is 31.4 Å². The summed E-state index contributed by atoms with van der Waals surface area (Å²) >= 11 is 2.62. The summed E-state index contributed by atoms with van der Waals surface area (Å²) in [5.41, 5.74) is -0.0449. The van der Waals surface area contributed by atoms with Crippen LogP contribution in [0.5, 0.6) is 5.75 Å². The first-order valence-electron chi connectivity index (χ1n) is 7.47. The quantitative estimate of drug-likeness (QED) is 0.525. The number of carbonyl (C=O) groups is 1. The van der Waals surface area contributed by atoms with Gasteiger partial charge in [0.15, 0.2) is 4.34 Å². The molecule has 0 saturated carbocycles. The van der Waals surface area contributed by atoms with Crippen LogP contribution in [-0.4, -0.2) is 37.0 Å². The van der Waals surface area contributed by atoms with E-state index >= 15 is 0 Å². The SMILES string of the molecule is COCCOc1ccc(C(F)(F)F)cc1NC(=O)CSc1nc(C)cs1. The summed E-state index contributed by atoms with van der Waals surface area (Å²) in [6.07, 6.45) is -4.52. The van der Waals surface area contributed by atoms with Crippen molar-refractivity contribution in [2.45, 2.75) is 17.4 Å². The van der Waals surface area contributed by atoms with Crippen LogP contribution < -0.4 is 10.1 Å². The molecule has 1 aromatic heterocycles. The summed E-state index contributed by atoms with van der Waals surface area (Å²) in [6, 6.07) is 2.95. The van der Waals surface area contributed by atoms with Crippen LogP contribution in [0.15, 0.2) is 27.9 Å². The highest BCUT2D eigenvalue weighted by molar-refractivity contribution is 8.01. The van der Waals surface area contributed by atoms with Crippen LogP contribution in [0, 0.1) is 6.92 Å². The number of thioether (sulfide) groups is 1. The van der Waals surface area contributed by atoms with Crippen LogP contribution in [0.25, 0.3) is 0 Å². The molecule has 0 atom stereocenters. The number of hydrogen-bond donors (Lipinski definition) is 1. The Labute approximate surface area is 156 Å². The molecule has 5 nitrogen and oxygen atoms in total. The predicted molar refractivity (Wildman–Crippen MR) is 95.0 cm³/mol. The lowest BCUT2D eigenvalue weighted by Gasteiger charge is -2.15. The molecule has 0 bridgehead atoms. The van der Waals surface area contributed by atoms with Crippen LogP contribution in [0.4, 0.5) is 18.9 Å². The molecule has 10 heteroatoms. The van der Waals surface area contributed by atoms with E-state index in [9.17, 15) is 18.0 Å². The van der Waals surface area contributed by atoms with E-state index < -0.39 is 17.6 Å². The average molecular weight is 406 g/mol. The summed E-state index contributed by atoms with van der Waals surface area (Å²) in [6.45, 7) is 2.26. The van der Waals surface area contributed by atoms with E-state index in [0.717, 1.165) is 22.2 Å². The second-order valence-corrected chi connectivity index (χ2v) is 7.22. The fraction of sp³-hybridized carbons (Fsp3) is 0.375. The third-order valence-electron chi connectivity index (χ3n) is 3.05. The number of alkyl halides is 3. The number of rotatable bonds is 8. The molecule has 0 fully saturated rings. The third-order valence-corrected chi connectivity index (χ3v) is 5.19. The zero-order valence-electron chi connectivity index (χ0n) is 14.1. The highest BCUT2D eigenvalue weighted by atomic mass is 32.2. The van der Waals surface area contributed by atoms with Gasteiger partial charge >= 0.3 is 6.18 Å². The number of amides is 1. The molecule has 0 radical (unpaired) electrons. The largest absolute Gasteiger partial charge is 0.489 e. The highest BCUT2D eigenvalue weighted by Gasteiger charge is 2.31. The summed E-state index contributed by atoms with van der Waals surface area (Å²) < 4.78 is 49.8. The Morgan fingerprint density at radius 3 is 2.73 bits per heavy atom. The van der Waals surface area contributed by atoms with Crippen LogP contribution in [0.3, 0.4) is 0 Å². The number of aromatic nitrogens is 1. The topological polar surface area (TPSA) is 60.5 Å². The number of thiazole rings is 1. The lowest BCUT2D eigenvalue weighted by Crippen LogP contribution is -2.16. The van der Waals surface area contributed by atoms with Gasteiger partial charge in [0.1, 0.15) is 12.4 Å². The van der Waals surface area contributed by atoms with Gasteiger partial charge in [-0.05, 0) is 25.1 Å². The lowest BCUT2D eigenvalue weighted by molar-refractivity contribution is -0.137. The van der Waals surface area contributed by atoms with Crippen LogP contribution >= 0.6 is 23.1 Å². The number of aryl methyl sites for hydroxylation is 1. The standard InChI is InChI=1S/C16H17F3N2O3S2/c1-10-8-25-15(20-10)26-9-14(22)21-12-7-11(16(17,18)19)3-4-13(12)24-6-5-23-2/h3-4,7-8H,5-6,9H2,1-2H3,(H,21,22). The first-order valence-corrected chi connectivity index (χ1v) is 9.34. The Hall–Kier alpha value is -1.78. The molecule has 1 aromatic carbocycles. The van der Waals surface area contributed by atoms with Crippen molar-refractivity contribution in [2.24, 2.45) is 0 Å². The van der Waals surface area contributed by atoms with Gasteiger partial charge in [0.25, 0.3) is 0 Å². The van der Waals surface area contributed by atoms with Gasteiger partial charge in [0, 0.05) is 18.2 Å². The van der Waals surface area contributed by atoms with Crippen molar-refractivity contribution in [1.29, 1.82) is 0 Å². The van der Waals surface area contributed by atoms with Crippen molar-refractivity contribution >= 4 is 34.7 Å². The van der Waals surface area contributed by atoms with Crippen molar-refractivity contribution in [1.82, 2.24) is 4.98 Å². The van der Waals surface area contributed by atoms with E-state index in [1.54, 1.807) is 0 Å². The summed E-state index contributed by atoms with van der Waals surface area (Å²) in [5, 5.41) is 4.33. The number of anilines is 1. The molecule has 2 rings (SSSR count). The molecule has 2 aromatic rings. The van der Waals surface area contributed by atoms with Gasteiger partial charge in [-0.3, -0.25) is 4.79 Å². The number of nitrogens with zero attached hydrogens (tertiary/aromatic N) is 1. The van der Waals surface area contributed by atoms with Gasteiger partial charge in [0.05, 0.1) is 23.6 Å². The maximum Gasteiger partial charge on any atom is 0.416 e. The molecule has 0 spiro atoms. The molecular formula is C16H17F3N2O3S2. The molecule has 142 valence electrons. The first-order chi connectivity index (χ1) is 12.3. The monoisotopic (exact) mass is 406 g/mol. The number of methoxy groups -OCH3 is 1. The summed E-state index contributed by atoms with van der Waals surface area (Å²) in [4.78, 5) is 16.3. The summed E-state index contributed by atoms with van der Waals surface area (Å²) in [5.74, 6) is -0.266. The Morgan fingerprint density at radius 1 is 1.35 bits per heavy atom. The second kappa shape index (κ2) is 9.24. The Morgan fingerprint density at radius 2 is 2.12 bits per heavy atom. The fourth-order valence-corrected chi connectivity index (χ4v) is 3.53.